The van der Waals surface area contributed by atoms with Gasteiger partial charge in [-0.2, -0.15) is 0 Å². The van der Waals surface area contributed by atoms with Crippen molar-refractivity contribution in [2.75, 3.05) is 11.9 Å². The van der Waals surface area contributed by atoms with Crippen LogP contribution in [0.5, 0.6) is 0 Å². The lowest BCUT2D eigenvalue weighted by Gasteiger charge is -2.14. The van der Waals surface area contributed by atoms with Crippen LogP contribution in [-0.2, 0) is 14.3 Å². The zero-order valence-corrected chi connectivity index (χ0v) is 16.5. The molecule has 0 bridgehead atoms. The van der Waals surface area contributed by atoms with E-state index in [2.05, 4.69) is 10.6 Å². The molecule has 1 unspecified atom stereocenters. The summed E-state index contributed by atoms with van der Waals surface area (Å²) < 4.78 is 4.95. The molecule has 2 aromatic carbocycles. The molecule has 2 rings (SSSR count). The van der Waals surface area contributed by atoms with Gasteiger partial charge in [0.15, 0.2) is 6.10 Å². The van der Waals surface area contributed by atoms with Crippen molar-refractivity contribution in [2.45, 2.75) is 13.0 Å². The van der Waals surface area contributed by atoms with E-state index in [4.69, 9.17) is 27.9 Å². The van der Waals surface area contributed by atoms with Gasteiger partial charge < -0.3 is 15.4 Å². The van der Waals surface area contributed by atoms with Gasteiger partial charge in [0.2, 0.25) is 0 Å². The van der Waals surface area contributed by atoms with E-state index in [-0.39, 0.29) is 10.6 Å². The van der Waals surface area contributed by atoms with Crippen molar-refractivity contribution in [1.82, 2.24) is 5.32 Å². The minimum Gasteiger partial charge on any atom is -0.451 e. The van der Waals surface area contributed by atoms with Crippen molar-refractivity contribution in [2.24, 2.45) is 0 Å². The molecule has 0 aromatic heterocycles. The van der Waals surface area contributed by atoms with Gasteiger partial charge in [0.05, 0.1) is 4.92 Å². The van der Waals surface area contributed by atoms with Gasteiger partial charge in [-0.15, -0.1) is 0 Å². The van der Waals surface area contributed by atoms with Gasteiger partial charge in [0.25, 0.3) is 17.5 Å². The third-order valence-corrected chi connectivity index (χ3v) is 4.12. The monoisotopic (exact) mass is 439 g/mol. The van der Waals surface area contributed by atoms with Crippen molar-refractivity contribution < 1.29 is 24.0 Å². The van der Waals surface area contributed by atoms with Crippen LogP contribution in [0.2, 0.25) is 10.0 Å². The Kier molecular flexibility index (Phi) is 7.52. The van der Waals surface area contributed by atoms with Gasteiger partial charge in [0, 0.05) is 22.3 Å². The lowest BCUT2D eigenvalue weighted by molar-refractivity contribution is -0.384. The van der Waals surface area contributed by atoms with E-state index in [1.807, 2.05) is 0 Å². The molecule has 152 valence electrons. The Balaban J connectivity index is 1.87. The lowest BCUT2D eigenvalue weighted by atomic mass is 10.2. The van der Waals surface area contributed by atoms with Crippen molar-refractivity contribution in [3.63, 3.8) is 0 Å². The molecule has 0 saturated carbocycles. The lowest BCUT2D eigenvalue weighted by Crippen LogP contribution is -2.35. The number of amides is 2. The maximum absolute atomic E-state index is 12.1. The first-order chi connectivity index (χ1) is 13.7. The number of hydrogen-bond acceptors (Lipinski definition) is 6. The summed E-state index contributed by atoms with van der Waals surface area (Å²) >= 11 is 11.5. The molecule has 0 aliphatic heterocycles. The second kappa shape index (κ2) is 9.85. The topological polar surface area (TPSA) is 128 Å². The molecular weight excluding hydrogens is 425 g/mol. The van der Waals surface area contributed by atoms with Crippen LogP contribution in [0.4, 0.5) is 11.4 Å². The van der Waals surface area contributed by atoms with E-state index < -0.39 is 41.0 Å². The molecule has 0 saturated heterocycles. The smallest absolute Gasteiger partial charge is 0.326 e. The number of halogens is 2. The molecule has 2 amide bonds. The number of carbonyl (C=O) groups excluding carboxylic acids is 3. The molecule has 11 heteroatoms. The van der Waals surface area contributed by atoms with Crippen molar-refractivity contribution in [1.29, 1.82) is 0 Å². The van der Waals surface area contributed by atoms with Crippen LogP contribution in [-0.4, -0.2) is 35.4 Å². The normalized spacial score (nSPS) is 11.3. The maximum Gasteiger partial charge on any atom is 0.326 e. The highest BCUT2D eigenvalue weighted by Gasteiger charge is 2.20. The summed E-state index contributed by atoms with van der Waals surface area (Å²) in [6.45, 7) is 0.826. The fraction of sp³-hybridized carbons (Fsp3) is 0.167. The third-order valence-electron chi connectivity index (χ3n) is 3.57. The molecule has 0 radical (unpaired) electrons. The van der Waals surface area contributed by atoms with E-state index >= 15 is 0 Å². The Hall–Kier alpha value is -3.17. The van der Waals surface area contributed by atoms with Gasteiger partial charge in [-0.05, 0) is 37.3 Å². The summed E-state index contributed by atoms with van der Waals surface area (Å²) in [5, 5.41) is 16.0. The van der Waals surface area contributed by atoms with Crippen LogP contribution >= 0.6 is 23.2 Å². The zero-order chi connectivity index (χ0) is 21.6. The third kappa shape index (κ3) is 6.44. The predicted molar refractivity (Wildman–Crippen MR) is 106 cm³/mol. The van der Waals surface area contributed by atoms with E-state index in [0.717, 1.165) is 6.07 Å². The van der Waals surface area contributed by atoms with E-state index in [9.17, 15) is 24.5 Å². The fourth-order valence-electron chi connectivity index (χ4n) is 2.15. The predicted octanol–water partition coefficient (Wildman–Crippen LogP) is 3.20. The molecule has 9 nitrogen and oxygen atoms in total. The minimum absolute atomic E-state index is 0.0550. The number of rotatable bonds is 7. The van der Waals surface area contributed by atoms with E-state index in [0.29, 0.717) is 10.7 Å². The second-order valence-corrected chi connectivity index (χ2v) is 6.58. The Bertz CT molecular complexity index is 966. The highest BCUT2D eigenvalue weighted by atomic mass is 35.5. The molecule has 0 aliphatic rings. The molecule has 2 aromatic rings. The standard InChI is InChI=1S/C18H15Cl2N3O6/c1-10(17(25)22-13-4-2-3-12(19)8-13)29-16(24)9-21-18(26)11-5-6-14(20)15(7-11)23(27)28/h2-8,10H,9H2,1H3,(H,21,26)(H,22,25). The number of nitro groups is 1. The van der Waals surface area contributed by atoms with Crippen molar-refractivity contribution in [3.8, 4) is 0 Å². The van der Waals surface area contributed by atoms with Gasteiger partial charge in [0.1, 0.15) is 11.6 Å². The highest BCUT2D eigenvalue weighted by Crippen LogP contribution is 2.25. The van der Waals surface area contributed by atoms with Crippen LogP contribution in [0.3, 0.4) is 0 Å². The SMILES string of the molecule is CC(OC(=O)CNC(=O)c1ccc(Cl)c([N+](=O)[O-])c1)C(=O)Nc1cccc(Cl)c1. The largest absolute Gasteiger partial charge is 0.451 e. The molecule has 2 N–H and O–H groups in total. The number of hydrogen-bond donors (Lipinski definition) is 2. The fourth-order valence-corrected chi connectivity index (χ4v) is 2.53. The average Bonchev–Trinajstić information content (AvgIpc) is 2.66. The van der Waals surface area contributed by atoms with Crippen molar-refractivity contribution >= 4 is 52.4 Å². The molecule has 0 heterocycles. The van der Waals surface area contributed by atoms with Crippen LogP contribution < -0.4 is 10.6 Å². The quantitative estimate of drug-likeness (QED) is 0.387. The number of nitro benzene ring substituents is 1. The minimum atomic E-state index is -1.13. The maximum atomic E-state index is 12.1. The van der Waals surface area contributed by atoms with Crippen LogP contribution in [0.15, 0.2) is 42.5 Å². The summed E-state index contributed by atoms with van der Waals surface area (Å²) in [4.78, 5) is 46.1. The number of nitrogens with one attached hydrogen (secondary N) is 2. The van der Waals surface area contributed by atoms with Crippen LogP contribution in [0.25, 0.3) is 0 Å². The first kappa shape index (κ1) is 22.1. The number of benzene rings is 2. The Labute approximate surface area is 175 Å². The molecular formula is C18H15Cl2N3O6. The number of esters is 1. The molecule has 29 heavy (non-hydrogen) atoms. The summed E-state index contributed by atoms with van der Waals surface area (Å²) in [5.74, 6) is -2.19. The Morgan fingerprint density at radius 3 is 2.55 bits per heavy atom. The first-order valence-electron chi connectivity index (χ1n) is 8.15. The number of anilines is 1. The summed E-state index contributed by atoms with van der Waals surface area (Å²) in [6.07, 6.45) is -1.13. The molecule has 0 aliphatic carbocycles. The summed E-state index contributed by atoms with van der Waals surface area (Å²) in [7, 11) is 0. The molecule has 0 spiro atoms. The van der Waals surface area contributed by atoms with Crippen LogP contribution in [0, 0.1) is 10.1 Å². The molecule has 1 atom stereocenters. The summed E-state index contributed by atoms with van der Waals surface area (Å²) in [5.41, 5.74) is -0.0584. The Morgan fingerprint density at radius 1 is 1.17 bits per heavy atom. The van der Waals surface area contributed by atoms with Crippen LogP contribution in [0.1, 0.15) is 17.3 Å². The zero-order valence-electron chi connectivity index (χ0n) is 15.0. The van der Waals surface area contributed by atoms with Gasteiger partial charge in [-0.25, -0.2) is 0 Å². The summed E-state index contributed by atoms with van der Waals surface area (Å²) in [6, 6.07) is 9.89. The first-order valence-corrected chi connectivity index (χ1v) is 8.91. The number of nitrogens with zero attached hydrogens (tertiary/aromatic N) is 1. The molecule has 0 fully saturated rings. The van der Waals surface area contributed by atoms with Gasteiger partial charge >= 0.3 is 5.97 Å². The van der Waals surface area contributed by atoms with Gasteiger partial charge in [-0.1, -0.05) is 29.3 Å². The van der Waals surface area contributed by atoms with Gasteiger partial charge in [-0.3, -0.25) is 24.5 Å². The number of ether oxygens (including phenoxy) is 1. The highest BCUT2D eigenvalue weighted by molar-refractivity contribution is 6.32. The second-order valence-electron chi connectivity index (χ2n) is 5.74. The number of carbonyl (C=O) groups is 3. The van der Waals surface area contributed by atoms with Crippen molar-refractivity contribution in [3.05, 3.63) is 68.2 Å². The van der Waals surface area contributed by atoms with E-state index in [1.165, 1.54) is 25.1 Å². The average molecular weight is 440 g/mol. The Morgan fingerprint density at radius 2 is 1.90 bits per heavy atom. The van der Waals surface area contributed by atoms with E-state index in [1.54, 1.807) is 18.2 Å².